The molecule has 1 atom stereocenters. The minimum absolute atomic E-state index is 0.199. The monoisotopic (exact) mass is 192 g/mol. The molecule has 4 nitrogen and oxygen atoms in total. The van der Waals surface area contributed by atoms with Crippen LogP contribution in [0.4, 0.5) is 0 Å². The summed E-state index contributed by atoms with van der Waals surface area (Å²) in [4.78, 5) is 0. The van der Waals surface area contributed by atoms with Crippen molar-refractivity contribution in [3.05, 3.63) is 0 Å². The average Bonchev–Trinajstić information content (AvgIpc) is 2.02. The summed E-state index contributed by atoms with van der Waals surface area (Å²) in [6.07, 6.45) is 1.50. The number of rotatable bonds is 3. The van der Waals surface area contributed by atoms with Crippen LogP contribution in [0.5, 0.6) is 0 Å². The molecule has 0 amide bonds. The van der Waals surface area contributed by atoms with E-state index in [0.717, 1.165) is 6.42 Å². The van der Waals surface area contributed by atoms with Gasteiger partial charge in [0.15, 0.2) is 9.84 Å². The molecule has 3 N–H and O–H groups in total. The van der Waals surface area contributed by atoms with E-state index >= 15 is 0 Å². The first-order chi connectivity index (χ1) is 5.67. The number of nitrogens with two attached hydrogens (primary N) is 1. The van der Waals surface area contributed by atoms with Crippen molar-refractivity contribution in [3.8, 4) is 0 Å². The summed E-state index contributed by atoms with van der Waals surface area (Å²) < 4.78 is 22.8. The van der Waals surface area contributed by atoms with Crippen LogP contribution in [0, 0.1) is 0 Å². The molecular formula is C7H16N2O2S. The summed E-state index contributed by atoms with van der Waals surface area (Å²) in [5, 5.41) is 2.88. The average molecular weight is 192 g/mol. The minimum atomic E-state index is -2.81. The Morgan fingerprint density at radius 1 is 1.50 bits per heavy atom. The maximum atomic E-state index is 11.4. The molecule has 1 heterocycles. The second kappa shape index (κ2) is 4.20. The molecule has 5 heteroatoms. The highest BCUT2D eigenvalue weighted by molar-refractivity contribution is 7.92. The summed E-state index contributed by atoms with van der Waals surface area (Å²) >= 11 is 0. The summed E-state index contributed by atoms with van der Waals surface area (Å²) in [7, 11) is -2.81. The number of hydrogen-bond acceptors (Lipinski definition) is 4. The van der Waals surface area contributed by atoms with E-state index in [1.54, 1.807) is 0 Å². The van der Waals surface area contributed by atoms with Gasteiger partial charge in [0.25, 0.3) is 0 Å². The molecular weight excluding hydrogens is 176 g/mol. The van der Waals surface area contributed by atoms with Crippen LogP contribution in [0.2, 0.25) is 0 Å². The van der Waals surface area contributed by atoms with Gasteiger partial charge in [0.1, 0.15) is 0 Å². The molecule has 1 aliphatic rings. The lowest BCUT2D eigenvalue weighted by molar-refractivity contribution is 0.528. The van der Waals surface area contributed by atoms with Crippen LogP contribution in [-0.2, 0) is 9.84 Å². The molecule has 12 heavy (non-hydrogen) atoms. The highest BCUT2D eigenvalue weighted by Crippen LogP contribution is 2.11. The van der Waals surface area contributed by atoms with E-state index in [9.17, 15) is 8.42 Å². The SMILES string of the molecule is NCCCC1CNCCS1(=O)=O. The van der Waals surface area contributed by atoms with Gasteiger partial charge in [-0.1, -0.05) is 0 Å². The maximum Gasteiger partial charge on any atom is 0.155 e. The smallest absolute Gasteiger partial charge is 0.155 e. The summed E-state index contributed by atoms with van der Waals surface area (Å²) in [6, 6.07) is 0. The molecule has 72 valence electrons. The van der Waals surface area contributed by atoms with Crippen molar-refractivity contribution < 1.29 is 8.42 Å². The van der Waals surface area contributed by atoms with Gasteiger partial charge in [-0.2, -0.15) is 0 Å². The van der Waals surface area contributed by atoms with Gasteiger partial charge < -0.3 is 11.1 Å². The second-order valence-electron chi connectivity index (χ2n) is 3.12. The highest BCUT2D eigenvalue weighted by Gasteiger charge is 2.27. The third-order valence-corrected chi connectivity index (χ3v) is 4.36. The fraction of sp³-hybridized carbons (Fsp3) is 1.00. The maximum absolute atomic E-state index is 11.4. The van der Waals surface area contributed by atoms with Gasteiger partial charge in [-0.25, -0.2) is 8.42 Å². The van der Waals surface area contributed by atoms with Crippen LogP contribution in [0.3, 0.4) is 0 Å². The molecule has 0 aromatic heterocycles. The van der Waals surface area contributed by atoms with E-state index in [0.29, 0.717) is 26.1 Å². The Kier molecular flexibility index (Phi) is 3.49. The Morgan fingerprint density at radius 3 is 2.83 bits per heavy atom. The fourth-order valence-corrected chi connectivity index (χ4v) is 3.06. The fourth-order valence-electron chi connectivity index (χ4n) is 1.40. The van der Waals surface area contributed by atoms with Crippen molar-refractivity contribution in [2.24, 2.45) is 5.73 Å². The molecule has 1 unspecified atom stereocenters. The van der Waals surface area contributed by atoms with Crippen LogP contribution in [0.25, 0.3) is 0 Å². The Labute approximate surface area is 73.4 Å². The van der Waals surface area contributed by atoms with E-state index in [1.165, 1.54) is 0 Å². The summed E-state index contributed by atoms with van der Waals surface area (Å²) in [6.45, 7) is 1.77. The normalized spacial score (nSPS) is 28.6. The molecule has 1 aliphatic heterocycles. The van der Waals surface area contributed by atoms with Crippen molar-refractivity contribution in [1.29, 1.82) is 0 Å². The summed E-state index contributed by atoms with van der Waals surface area (Å²) in [5.74, 6) is 0.280. The van der Waals surface area contributed by atoms with E-state index < -0.39 is 9.84 Å². The van der Waals surface area contributed by atoms with E-state index in [-0.39, 0.29) is 11.0 Å². The minimum Gasteiger partial charge on any atom is -0.330 e. The number of nitrogens with one attached hydrogen (secondary N) is 1. The zero-order chi connectivity index (χ0) is 9.03. The van der Waals surface area contributed by atoms with Gasteiger partial charge in [-0.3, -0.25) is 0 Å². The van der Waals surface area contributed by atoms with Crippen molar-refractivity contribution in [3.63, 3.8) is 0 Å². The standard InChI is InChI=1S/C7H16N2O2S/c8-3-1-2-7-6-9-4-5-12(7,10)11/h7,9H,1-6,8H2. The Morgan fingerprint density at radius 2 is 2.25 bits per heavy atom. The molecule has 0 aromatic carbocycles. The van der Waals surface area contributed by atoms with Gasteiger partial charge >= 0.3 is 0 Å². The van der Waals surface area contributed by atoms with Gasteiger partial charge in [0.2, 0.25) is 0 Å². The van der Waals surface area contributed by atoms with Crippen LogP contribution in [0.15, 0.2) is 0 Å². The van der Waals surface area contributed by atoms with E-state index in [2.05, 4.69) is 5.32 Å². The van der Waals surface area contributed by atoms with Crippen molar-refractivity contribution in [1.82, 2.24) is 5.32 Å². The second-order valence-corrected chi connectivity index (χ2v) is 5.52. The Hall–Kier alpha value is -0.130. The van der Waals surface area contributed by atoms with Gasteiger partial charge in [-0.05, 0) is 19.4 Å². The highest BCUT2D eigenvalue weighted by atomic mass is 32.2. The van der Waals surface area contributed by atoms with Crippen LogP contribution in [0.1, 0.15) is 12.8 Å². The first-order valence-electron chi connectivity index (χ1n) is 4.29. The predicted octanol–water partition coefficient (Wildman–Crippen LogP) is -0.888. The first kappa shape index (κ1) is 9.95. The molecule has 0 spiro atoms. The van der Waals surface area contributed by atoms with E-state index in [1.807, 2.05) is 0 Å². The molecule has 0 aromatic rings. The zero-order valence-corrected chi connectivity index (χ0v) is 7.94. The molecule has 0 bridgehead atoms. The molecule has 1 saturated heterocycles. The van der Waals surface area contributed by atoms with Crippen molar-refractivity contribution >= 4 is 9.84 Å². The molecule has 1 rings (SSSR count). The van der Waals surface area contributed by atoms with E-state index in [4.69, 9.17) is 5.73 Å². The lowest BCUT2D eigenvalue weighted by Gasteiger charge is -2.22. The van der Waals surface area contributed by atoms with Crippen LogP contribution < -0.4 is 11.1 Å². The lowest BCUT2D eigenvalue weighted by Crippen LogP contribution is -2.44. The largest absolute Gasteiger partial charge is 0.330 e. The first-order valence-corrected chi connectivity index (χ1v) is 6.00. The predicted molar refractivity (Wildman–Crippen MR) is 48.7 cm³/mol. The third kappa shape index (κ3) is 2.43. The molecule has 0 aliphatic carbocycles. The van der Waals surface area contributed by atoms with Crippen LogP contribution in [-0.4, -0.2) is 39.1 Å². The zero-order valence-electron chi connectivity index (χ0n) is 7.12. The lowest BCUT2D eigenvalue weighted by atomic mass is 10.2. The topological polar surface area (TPSA) is 72.2 Å². The Balaban J connectivity index is 2.49. The number of hydrogen-bond donors (Lipinski definition) is 2. The molecule has 1 fully saturated rings. The van der Waals surface area contributed by atoms with Gasteiger partial charge in [0, 0.05) is 13.1 Å². The van der Waals surface area contributed by atoms with Crippen molar-refractivity contribution in [2.45, 2.75) is 18.1 Å². The quantitative estimate of drug-likeness (QED) is 0.608. The van der Waals surface area contributed by atoms with Gasteiger partial charge in [-0.15, -0.1) is 0 Å². The molecule has 0 saturated carbocycles. The Bertz CT molecular complexity index is 226. The summed E-state index contributed by atoms with van der Waals surface area (Å²) in [5.41, 5.74) is 5.32. The van der Waals surface area contributed by atoms with Gasteiger partial charge in [0.05, 0.1) is 11.0 Å². The third-order valence-electron chi connectivity index (χ3n) is 2.17. The van der Waals surface area contributed by atoms with Crippen molar-refractivity contribution in [2.75, 3.05) is 25.4 Å². The molecule has 0 radical (unpaired) electrons. The van der Waals surface area contributed by atoms with Crippen LogP contribution >= 0.6 is 0 Å². The number of sulfone groups is 1.